The van der Waals surface area contributed by atoms with Crippen molar-refractivity contribution in [2.24, 2.45) is 0 Å². The lowest BCUT2D eigenvalue weighted by Gasteiger charge is -2.08. The molecule has 2 rings (SSSR count). The molecule has 0 aromatic heterocycles. The van der Waals surface area contributed by atoms with Gasteiger partial charge in [0.05, 0.1) is 21.4 Å². The van der Waals surface area contributed by atoms with Gasteiger partial charge in [-0.05, 0) is 30.0 Å². The van der Waals surface area contributed by atoms with Gasteiger partial charge in [0.15, 0.2) is 0 Å². The van der Waals surface area contributed by atoms with Crippen LogP contribution in [0.3, 0.4) is 0 Å². The van der Waals surface area contributed by atoms with Crippen molar-refractivity contribution in [3.05, 3.63) is 63.6 Å². The average molecular weight is 236 g/mol. The summed E-state index contributed by atoms with van der Waals surface area (Å²) >= 11 is 11.9. The molecule has 0 atom stereocenters. The maximum Gasteiger partial charge on any atom is 0.0901 e. The second-order valence-electron chi connectivity index (χ2n) is 2.94. The monoisotopic (exact) mass is 235 g/mol. The molecular formula is C12H7Cl2N. The van der Waals surface area contributed by atoms with E-state index < -0.39 is 0 Å². The molecule has 0 amide bonds. The number of hydrogen-bond acceptors (Lipinski definition) is 1. The number of halogens is 2. The van der Waals surface area contributed by atoms with Crippen LogP contribution >= 0.6 is 23.2 Å². The zero-order valence-electron chi connectivity index (χ0n) is 7.72. The molecule has 1 aromatic rings. The smallest absolute Gasteiger partial charge is 0.0901 e. The zero-order valence-corrected chi connectivity index (χ0v) is 9.23. The van der Waals surface area contributed by atoms with Gasteiger partial charge < -0.3 is 5.32 Å². The molecule has 0 unspecified atom stereocenters. The molecule has 0 fully saturated rings. The second kappa shape index (κ2) is 4.44. The number of nitrogens with one attached hydrogen (secondary N) is 1. The Labute approximate surface area is 98.0 Å². The van der Waals surface area contributed by atoms with E-state index in [1.54, 1.807) is 12.1 Å². The Kier molecular flexibility index (Phi) is 3.01. The topological polar surface area (TPSA) is 12.0 Å². The molecule has 0 heterocycles. The van der Waals surface area contributed by atoms with Crippen molar-refractivity contribution in [1.29, 1.82) is 0 Å². The van der Waals surface area contributed by atoms with Crippen LogP contribution in [0.25, 0.3) is 0 Å². The fourth-order valence-electron chi connectivity index (χ4n) is 1.17. The van der Waals surface area contributed by atoms with Gasteiger partial charge in [0.25, 0.3) is 0 Å². The molecule has 0 aliphatic heterocycles. The van der Waals surface area contributed by atoms with Crippen molar-refractivity contribution in [2.45, 2.75) is 0 Å². The van der Waals surface area contributed by atoms with E-state index in [0.717, 1.165) is 11.4 Å². The van der Waals surface area contributed by atoms with Crippen molar-refractivity contribution < 1.29 is 0 Å². The van der Waals surface area contributed by atoms with Crippen molar-refractivity contribution in [3.63, 3.8) is 0 Å². The molecule has 0 saturated carbocycles. The quantitative estimate of drug-likeness (QED) is 0.760. The lowest BCUT2D eigenvalue weighted by Crippen LogP contribution is -1.96. The highest BCUT2D eigenvalue weighted by molar-refractivity contribution is 6.43. The first-order valence-corrected chi connectivity index (χ1v) is 5.12. The first-order chi connectivity index (χ1) is 7.27. The Balaban J connectivity index is 2.33. The Morgan fingerprint density at radius 2 is 2.07 bits per heavy atom. The van der Waals surface area contributed by atoms with Gasteiger partial charge >= 0.3 is 0 Å². The third-order valence-corrected chi connectivity index (χ3v) is 2.69. The minimum Gasteiger partial charge on any atom is -0.347 e. The van der Waals surface area contributed by atoms with Crippen LogP contribution in [0.4, 0.5) is 5.69 Å². The van der Waals surface area contributed by atoms with E-state index in [2.05, 4.69) is 16.8 Å². The van der Waals surface area contributed by atoms with Crippen molar-refractivity contribution in [3.8, 4) is 0 Å². The SMILES string of the molecule is Clc1cccc(NC2=C=C=CC=C2)c1Cl. The molecule has 1 N–H and O–H groups in total. The van der Waals surface area contributed by atoms with E-state index in [9.17, 15) is 0 Å². The summed E-state index contributed by atoms with van der Waals surface area (Å²) in [5.74, 6) is 0. The summed E-state index contributed by atoms with van der Waals surface area (Å²) in [5.41, 5.74) is 7.35. The Morgan fingerprint density at radius 3 is 2.80 bits per heavy atom. The number of rotatable bonds is 2. The third kappa shape index (κ3) is 2.36. The molecule has 3 heteroatoms. The second-order valence-corrected chi connectivity index (χ2v) is 3.72. The summed E-state index contributed by atoms with van der Waals surface area (Å²) in [6.45, 7) is 0. The van der Waals surface area contributed by atoms with Gasteiger partial charge in [-0.15, -0.1) is 0 Å². The molecule has 0 spiro atoms. The molecule has 1 aliphatic rings. The highest BCUT2D eigenvalue weighted by Crippen LogP contribution is 2.30. The standard InChI is InChI=1S/C12H7Cl2N/c13-10-7-4-8-11(12(10)14)15-9-5-2-1-3-6-9/h1-2,4-5,7-8,15H. The van der Waals surface area contributed by atoms with E-state index in [0.29, 0.717) is 10.0 Å². The van der Waals surface area contributed by atoms with Gasteiger partial charge in [-0.2, -0.15) is 0 Å². The molecular weight excluding hydrogens is 229 g/mol. The van der Waals surface area contributed by atoms with Gasteiger partial charge in [0.2, 0.25) is 0 Å². The summed E-state index contributed by atoms with van der Waals surface area (Å²) < 4.78 is 0. The largest absolute Gasteiger partial charge is 0.347 e. The molecule has 15 heavy (non-hydrogen) atoms. The lowest BCUT2D eigenvalue weighted by atomic mass is 10.2. The molecule has 0 bridgehead atoms. The van der Waals surface area contributed by atoms with Crippen molar-refractivity contribution in [2.75, 3.05) is 5.32 Å². The minimum absolute atomic E-state index is 0.511. The predicted molar refractivity (Wildman–Crippen MR) is 64.3 cm³/mol. The van der Waals surface area contributed by atoms with Crippen LogP contribution in [-0.2, 0) is 0 Å². The molecule has 74 valence electrons. The summed E-state index contributed by atoms with van der Waals surface area (Å²) in [6, 6.07) is 5.44. The third-order valence-electron chi connectivity index (χ3n) is 1.87. The minimum atomic E-state index is 0.511. The van der Waals surface area contributed by atoms with E-state index in [1.807, 2.05) is 24.3 Å². The van der Waals surface area contributed by atoms with Gasteiger partial charge in [0, 0.05) is 0 Å². The Morgan fingerprint density at radius 1 is 1.20 bits per heavy atom. The molecule has 1 aromatic carbocycles. The average Bonchev–Trinajstić information content (AvgIpc) is 2.26. The summed E-state index contributed by atoms with van der Waals surface area (Å²) in [4.78, 5) is 0. The maximum atomic E-state index is 6.02. The van der Waals surface area contributed by atoms with Crippen LogP contribution in [0, 0.1) is 0 Å². The van der Waals surface area contributed by atoms with Crippen molar-refractivity contribution >= 4 is 28.9 Å². The normalized spacial score (nSPS) is 12.8. The number of anilines is 1. The summed E-state index contributed by atoms with van der Waals surface area (Å²) in [5, 5.41) is 4.15. The van der Waals surface area contributed by atoms with Gasteiger partial charge in [-0.3, -0.25) is 0 Å². The van der Waals surface area contributed by atoms with E-state index in [1.165, 1.54) is 0 Å². The zero-order chi connectivity index (χ0) is 10.7. The van der Waals surface area contributed by atoms with Gasteiger partial charge in [0.1, 0.15) is 0 Å². The molecule has 0 radical (unpaired) electrons. The van der Waals surface area contributed by atoms with Gasteiger partial charge in [-0.1, -0.05) is 41.1 Å². The van der Waals surface area contributed by atoms with Crippen molar-refractivity contribution in [1.82, 2.24) is 0 Å². The highest BCUT2D eigenvalue weighted by atomic mass is 35.5. The Hall–Kier alpha value is -1.36. The van der Waals surface area contributed by atoms with E-state index in [4.69, 9.17) is 23.2 Å². The van der Waals surface area contributed by atoms with Crippen LogP contribution in [0.1, 0.15) is 0 Å². The van der Waals surface area contributed by atoms with E-state index >= 15 is 0 Å². The fourth-order valence-corrected chi connectivity index (χ4v) is 1.52. The Bertz CT molecular complexity index is 516. The van der Waals surface area contributed by atoms with Crippen LogP contribution in [-0.4, -0.2) is 0 Å². The highest BCUT2D eigenvalue weighted by Gasteiger charge is 2.04. The van der Waals surface area contributed by atoms with Crippen LogP contribution in [0.2, 0.25) is 10.0 Å². The molecule has 1 nitrogen and oxygen atoms in total. The number of benzene rings is 1. The summed E-state index contributed by atoms with van der Waals surface area (Å²) in [7, 11) is 0. The number of hydrogen-bond donors (Lipinski definition) is 1. The van der Waals surface area contributed by atoms with Crippen LogP contribution < -0.4 is 5.32 Å². The first-order valence-electron chi connectivity index (χ1n) is 4.37. The maximum absolute atomic E-state index is 6.02. The van der Waals surface area contributed by atoms with Gasteiger partial charge in [-0.25, -0.2) is 0 Å². The fraction of sp³-hybridized carbons (Fsp3) is 0. The van der Waals surface area contributed by atoms with E-state index in [-0.39, 0.29) is 0 Å². The van der Waals surface area contributed by atoms with Crippen LogP contribution in [0.15, 0.2) is 53.6 Å². The number of allylic oxidation sites excluding steroid dienone is 3. The predicted octanol–water partition coefficient (Wildman–Crippen LogP) is 4.17. The lowest BCUT2D eigenvalue weighted by molar-refractivity contribution is 1.48. The molecule has 0 saturated heterocycles. The first kappa shape index (κ1) is 10.2. The molecule has 1 aliphatic carbocycles. The van der Waals surface area contributed by atoms with Crippen LogP contribution in [0.5, 0.6) is 0 Å². The summed E-state index contributed by atoms with van der Waals surface area (Å²) in [6.07, 6.45) is 5.54.